The van der Waals surface area contributed by atoms with Crippen LogP contribution in [0, 0.1) is 0 Å². The molecule has 0 radical (unpaired) electrons. The lowest BCUT2D eigenvalue weighted by Crippen LogP contribution is -2.32. The molecule has 0 aromatic heterocycles. The molecule has 1 atom stereocenters. The minimum Gasteiger partial charge on any atom is -0.490 e. The molecule has 0 bridgehead atoms. The molecule has 0 saturated heterocycles. The van der Waals surface area contributed by atoms with Gasteiger partial charge in [-0.3, -0.25) is 4.79 Å². The molecule has 13 heavy (non-hydrogen) atoms. The molecule has 0 fully saturated rings. The largest absolute Gasteiger partial charge is 0.490 e. The average molecular weight is 185 g/mol. The van der Waals surface area contributed by atoms with E-state index in [-0.39, 0.29) is 5.78 Å². The lowest BCUT2D eigenvalue weighted by molar-refractivity contribution is -0.120. The van der Waals surface area contributed by atoms with Crippen LogP contribution in [0.1, 0.15) is 12.8 Å². The molecule has 1 aliphatic rings. The summed E-state index contributed by atoms with van der Waals surface area (Å²) in [5, 5.41) is 0. The van der Waals surface area contributed by atoms with Crippen LogP contribution in [-0.4, -0.2) is 32.1 Å². The molecule has 4 nitrogen and oxygen atoms in total. The van der Waals surface area contributed by atoms with Crippen LogP contribution in [0.2, 0.25) is 0 Å². The van der Waals surface area contributed by atoms with E-state index in [9.17, 15) is 4.79 Å². The lowest BCUT2D eigenvalue weighted by Gasteiger charge is -2.10. The Morgan fingerprint density at radius 1 is 1.85 bits per heavy atom. The van der Waals surface area contributed by atoms with E-state index >= 15 is 0 Å². The van der Waals surface area contributed by atoms with Gasteiger partial charge in [0.05, 0.1) is 12.6 Å². The van der Waals surface area contributed by atoms with Crippen molar-refractivity contribution < 1.29 is 14.3 Å². The molecule has 2 N–H and O–H groups in total. The predicted molar refractivity (Wildman–Crippen MR) is 48.1 cm³/mol. The SMILES string of the molecule is COCCC(N)C(=O)C1=CCCO1. The molecule has 0 aromatic rings. The van der Waals surface area contributed by atoms with Crippen LogP contribution in [0.4, 0.5) is 0 Å². The van der Waals surface area contributed by atoms with Gasteiger partial charge in [-0.05, 0) is 12.5 Å². The van der Waals surface area contributed by atoms with E-state index in [0.717, 1.165) is 6.42 Å². The zero-order valence-electron chi connectivity index (χ0n) is 7.79. The quantitative estimate of drug-likeness (QED) is 0.665. The van der Waals surface area contributed by atoms with E-state index in [0.29, 0.717) is 25.4 Å². The van der Waals surface area contributed by atoms with Crippen molar-refractivity contribution in [1.82, 2.24) is 0 Å². The maximum atomic E-state index is 11.5. The molecule has 74 valence electrons. The van der Waals surface area contributed by atoms with E-state index < -0.39 is 6.04 Å². The normalized spacial score (nSPS) is 17.8. The van der Waals surface area contributed by atoms with Gasteiger partial charge >= 0.3 is 0 Å². The Morgan fingerprint density at radius 3 is 3.15 bits per heavy atom. The summed E-state index contributed by atoms with van der Waals surface area (Å²) in [6.45, 7) is 1.10. The summed E-state index contributed by atoms with van der Waals surface area (Å²) in [6.07, 6.45) is 3.13. The van der Waals surface area contributed by atoms with E-state index in [1.54, 1.807) is 13.2 Å². The number of nitrogens with two attached hydrogens (primary N) is 1. The topological polar surface area (TPSA) is 61.5 Å². The third kappa shape index (κ3) is 2.82. The van der Waals surface area contributed by atoms with E-state index in [1.165, 1.54) is 0 Å². The number of hydrogen-bond donors (Lipinski definition) is 1. The molecule has 1 heterocycles. The predicted octanol–water partition coefficient (Wildman–Crippen LogP) is 0.223. The molecular weight excluding hydrogens is 170 g/mol. The molecule has 0 amide bonds. The highest BCUT2D eigenvalue weighted by Gasteiger charge is 2.21. The number of carbonyl (C=O) groups is 1. The van der Waals surface area contributed by atoms with Gasteiger partial charge in [-0.2, -0.15) is 0 Å². The van der Waals surface area contributed by atoms with Gasteiger partial charge in [0, 0.05) is 20.1 Å². The molecular formula is C9H15NO3. The Hall–Kier alpha value is -0.870. The number of hydrogen-bond acceptors (Lipinski definition) is 4. The molecule has 1 unspecified atom stereocenters. The van der Waals surface area contributed by atoms with Gasteiger partial charge in [0.2, 0.25) is 5.78 Å². The molecule has 0 saturated carbocycles. The first kappa shape index (κ1) is 10.2. The molecule has 0 aliphatic carbocycles. The van der Waals surface area contributed by atoms with Crippen LogP contribution < -0.4 is 5.73 Å². The van der Waals surface area contributed by atoms with Gasteiger partial charge in [-0.15, -0.1) is 0 Å². The van der Waals surface area contributed by atoms with Crippen molar-refractivity contribution >= 4 is 5.78 Å². The fourth-order valence-corrected chi connectivity index (χ4v) is 1.15. The maximum Gasteiger partial charge on any atom is 0.213 e. The van der Waals surface area contributed by atoms with Crippen molar-refractivity contribution in [2.45, 2.75) is 18.9 Å². The van der Waals surface area contributed by atoms with Crippen LogP contribution in [0.5, 0.6) is 0 Å². The van der Waals surface area contributed by atoms with Crippen LogP contribution in [-0.2, 0) is 14.3 Å². The number of ketones is 1. The Bertz CT molecular complexity index is 213. The number of Topliss-reactive ketones (excluding diaryl/α,β-unsaturated/α-hetero) is 1. The summed E-state index contributed by atoms with van der Waals surface area (Å²) in [6, 6.07) is -0.496. The Morgan fingerprint density at radius 2 is 2.62 bits per heavy atom. The fraction of sp³-hybridized carbons (Fsp3) is 0.667. The molecule has 1 aliphatic heterocycles. The third-order valence-corrected chi connectivity index (χ3v) is 1.92. The van der Waals surface area contributed by atoms with Crippen LogP contribution in [0.3, 0.4) is 0 Å². The first-order chi connectivity index (χ1) is 6.25. The fourth-order valence-electron chi connectivity index (χ4n) is 1.15. The molecule has 0 aromatic carbocycles. The Kier molecular flexibility index (Phi) is 3.92. The van der Waals surface area contributed by atoms with Crippen molar-refractivity contribution in [2.75, 3.05) is 20.3 Å². The number of ether oxygens (including phenoxy) is 2. The third-order valence-electron chi connectivity index (χ3n) is 1.92. The average Bonchev–Trinajstić information content (AvgIpc) is 2.65. The minimum atomic E-state index is -0.496. The Balaban J connectivity index is 2.37. The maximum absolute atomic E-state index is 11.5. The monoisotopic (exact) mass is 185 g/mol. The molecule has 1 rings (SSSR count). The highest BCUT2D eigenvalue weighted by atomic mass is 16.5. The zero-order valence-corrected chi connectivity index (χ0v) is 7.79. The zero-order chi connectivity index (χ0) is 9.68. The second-order valence-corrected chi connectivity index (χ2v) is 2.96. The van der Waals surface area contributed by atoms with Gasteiger partial charge in [-0.1, -0.05) is 0 Å². The number of rotatable bonds is 5. The van der Waals surface area contributed by atoms with E-state index in [4.69, 9.17) is 15.2 Å². The smallest absolute Gasteiger partial charge is 0.213 e. The standard InChI is InChI=1S/C9H15NO3/c1-12-6-4-7(10)9(11)8-3-2-5-13-8/h3,7H,2,4-6,10H2,1H3. The molecule has 0 spiro atoms. The lowest BCUT2D eigenvalue weighted by atomic mass is 10.1. The number of carbonyl (C=O) groups excluding carboxylic acids is 1. The van der Waals surface area contributed by atoms with Crippen molar-refractivity contribution in [1.29, 1.82) is 0 Å². The molecule has 4 heteroatoms. The van der Waals surface area contributed by atoms with Crippen LogP contribution >= 0.6 is 0 Å². The van der Waals surface area contributed by atoms with Crippen LogP contribution in [0.25, 0.3) is 0 Å². The summed E-state index contributed by atoms with van der Waals surface area (Å²) < 4.78 is 9.94. The van der Waals surface area contributed by atoms with Gasteiger partial charge in [0.1, 0.15) is 0 Å². The van der Waals surface area contributed by atoms with E-state index in [1.807, 2.05) is 0 Å². The van der Waals surface area contributed by atoms with Crippen molar-refractivity contribution in [2.24, 2.45) is 5.73 Å². The summed E-state index contributed by atoms with van der Waals surface area (Å²) in [4.78, 5) is 11.5. The second kappa shape index (κ2) is 4.99. The van der Waals surface area contributed by atoms with Gasteiger partial charge < -0.3 is 15.2 Å². The first-order valence-corrected chi connectivity index (χ1v) is 4.37. The highest BCUT2D eigenvalue weighted by Crippen LogP contribution is 2.12. The van der Waals surface area contributed by atoms with Crippen molar-refractivity contribution in [3.8, 4) is 0 Å². The first-order valence-electron chi connectivity index (χ1n) is 4.37. The van der Waals surface area contributed by atoms with Gasteiger partial charge in [0.15, 0.2) is 5.76 Å². The summed E-state index contributed by atoms with van der Waals surface area (Å²) in [5.41, 5.74) is 5.63. The summed E-state index contributed by atoms with van der Waals surface area (Å²) >= 11 is 0. The Labute approximate surface area is 77.7 Å². The van der Waals surface area contributed by atoms with E-state index in [2.05, 4.69) is 0 Å². The van der Waals surface area contributed by atoms with Crippen LogP contribution in [0.15, 0.2) is 11.8 Å². The summed E-state index contributed by atoms with van der Waals surface area (Å²) in [5.74, 6) is 0.304. The van der Waals surface area contributed by atoms with Crippen molar-refractivity contribution in [3.63, 3.8) is 0 Å². The second-order valence-electron chi connectivity index (χ2n) is 2.96. The van der Waals surface area contributed by atoms with Crippen molar-refractivity contribution in [3.05, 3.63) is 11.8 Å². The van der Waals surface area contributed by atoms with Gasteiger partial charge in [0.25, 0.3) is 0 Å². The van der Waals surface area contributed by atoms with Gasteiger partial charge in [-0.25, -0.2) is 0 Å². The minimum absolute atomic E-state index is 0.116. The summed E-state index contributed by atoms with van der Waals surface area (Å²) in [7, 11) is 1.59. The number of methoxy groups -OCH3 is 1. The highest BCUT2D eigenvalue weighted by molar-refractivity contribution is 5.97.